The number of aliphatic hydroxyl groups excluding tert-OH is 1. The molecule has 2 aliphatic heterocycles. The van der Waals surface area contributed by atoms with E-state index in [1.807, 2.05) is 25.1 Å². The molecule has 0 saturated carbocycles. The van der Waals surface area contributed by atoms with Gasteiger partial charge in [-0.3, -0.25) is 14.8 Å². The van der Waals surface area contributed by atoms with Gasteiger partial charge in [-0.1, -0.05) is 6.07 Å². The summed E-state index contributed by atoms with van der Waals surface area (Å²) in [4.78, 5) is 23.3. The van der Waals surface area contributed by atoms with Crippen LogP contribution < -0.4 is 10.2 Å². The minimum atomic E-state index is -3.14. The predicted molar refractivity (Wildman–Crippen MR) is 128 cm³/mol. The number of aromatic nitrogens is 2. The molecule has 1 saturated heterocycles. The van der Waals surface area contributed by atoms with Crippen molar-refractivity contribution in [2.45, 2.75) is 38.3 Å². The Morgan fingerprint density at radius 1 is 1.23 bits per heavy atom. The molecule has 1 fully saturated rings. The zero-order valence-electron chi connectivity index (χ0n) is 19.5. The Morgan fingerprint density at radius 3 is 2.86 bits per heavy atom. The van der Waals surface area contributed by atoms with Gasteiger partial charge in [-0.2, -0.15) is 8.78 Å². The SMILES string of the molecule is Cc1ccc(NC(=O)c2ccnc(C(C)(F)F)c2)cc1-c1cnc2c(c1)N1CCOC[C@H]1C[C@H]2O. The molecule has 0 bridgehead atoms. The number of fused-ring (bicyclic) bond motifs is 3. The summed E-state index contributed by atoms with van der Waals surface area (Å²) in [5.74, 6) is -3.64. The smallest absolute Gasteiger partial charge is 0.286 e. The molecule has 182 valence electrons. The monoisotopic (exact) mass is 480 g/mol. The molecule has 0 aliphatic carbocycles. The number of benzene rings is 1. The van der Waals surface area contributed by atoms with E-state index in [1.165, 1.54) is 12.3 Å². The molecule has 1 aromatic carbocycles. The molecule has 0 spiro atoms. The molecule has 2 N–H and O–H groups in total. The first-order chi connectivity index (χ1) is 16.7. The average molecular weight is 481 g/mol. The highest BCUT2D eigenvalue weighted by Gasteiger charge is 2.35. The zero-order valence-corrected chi connectivity index (χ0v) is 19.5. The predicted octanol–water partition coefficient (Wildman–Crippen LogP) is 4.46. The van der Waals surface area contributed by atoms with Gasteiger partial charge in [-0.15, -0.1) is 0 Å². The summed E-state index contributed by atoms with van der Waals surface area (Å²) in [7, 11) is 0. The zero-order chi connectivity index (χ0) is 24.7. The number of carbonyl (C=O) groups is 1. The van der Waals surface area contributed by atoms with Crippen LogP contribution in [-0.2, 0) is 10.7 Å². The number of pyridine rings is 2. The molecular weight excluding hydrogens is 454 g/mol. The number of hydrogen-bond acceptors (Lipinski definition) is 6. The van der Waals surface area contributed by atoms with Crippen molar-refractivity contribution in [2.24, 2.45) is 0 Å². The van der Waals surface area contributed by atoms with Crippen molar-refractivity contribution in [1.29, 1.82) is 0 Å². The summed E-state index contributed by atoms with van der Waals surface area (Å²) >= 11 is 0. The molecule has 2 aromatic heterocycles. The number of nitrogens with one attached hydrogen (secondary N) is 1. The van der Waals surface area contributed by atoms with Gasteiger partial charge in [0.25, 0.3) is 11.8 Å². The number of halogens is 2. The van der Waals surface area contributed by atoms with Crippen LogP contribution in [0.15, 0.2) is 48.8 Å². The summed E-state index contributed by atoms with van der Waals surface area (Å²) in [5, 5.41) is 13.4. The van der Waals surface area contributed by atoms with Gasteiger partial charge < -0.3 is 20.1 Å². The molecule has 4 heterocycles. The molecule has 5 rings (SSSR count). The first-order valence-electron chi connectivity index (χ1n) is 11.5. The van der Waals surface area contributed by atoms with Gasteiger partial charge in [-0.25, -0.2) is 0 Å². The molecule has 9 heteroatoms. The number of morpholine rings is 1. The number of anilines is 2. The Hall–Kier alpha value is -3.43. The Labute approximate surface area is 201 Å². The van der Waals surface area contributed by atoms with E-state index >= 15 is 0 Å². The fourth-order valence-electron chi connectivity index (χ4n) is 4.66. The van der Waals surface area contributed by atoms with Crippen LogP contribution in [0.25, 0.3) is 11.1 Å². The van der Waals surface area contributed by atoms with E-state index in [-0.39, 0.29) is 11.6 Å². The maximum absolute atomic E-state index is 13.6. The number of amides is 1. The normalized spacial score (nSPS) is 19.6. The maximum atomic E-state index is 13.6. The highest BCUT2D eigenvalue weighted by atomic mass is 19.3. The molecule has 0 radical (unpaired) electrons. The minimum absolute atomic E-state index is 0.0986. The first kappa shape index (κ1) is 23.3. The second-order valence-electron chi connectivity index (χ2n) is 9.10. The average Bonchev–Trinajstić information content (AvgIpc) is 2.84. The van der Waals surface area contributed by atoms with Crippen LogP contribution in [0.4, 0.5) is 20.2 Å². The van der Waals surface area contributed by atoms with Crippen LogP contribution in [0.1, 0.15) is 46.8 Å². The Morgan fingerprint density at radius 2 is 2.06 bits per heavy atom. The summed E-state index contributed by atoms with van der Waals surface area (Å²) in [6.45, 7) is 4.63. The standard InChI is InChI=1S/C26H26F2N4O3/c1-15-3-4-18(31-25(34)16-5-6-29-23(10-16)26(2,27)28)11-20(15)17-9-21-24(30-13-17)22(33)12-19-14-35-8-7-32(19)21/h3-6,9-11,13,19,22,33H,7-8,12,14H2,1-2H3,(H,31,34)/t19-,22-/m1/s1. The quantitative estimate of drug-likeness (QED) is 0.574. The van der Waals surface area contributed by atoms with Crippen LogP contribution >= 0.6 is 0 Å². The van der Waals surface area contributed by atoms with E-state index in [1.54, 1.807) is 12.3 Å². The van der Waals surface area contributed by atoms with Crippen LogP contribution in [0.2, 0.25) is 0 Å². The van der Waals surface area contributed by atoms with Crippen molar-refractivity contribution in [1.82, 2.24) is 9.97 Å². The molecule has 7 nitrogen and oxygen atoms in total. The molecule has 2 aliphatic rings. The van der Waals surface area contributed by atoms with E-state index in [9.17, 15) is 18.7 Å². The number of ether oxygens (including phenoxy) is 1. The van der Waals surface area contributed by atoms with Gasteiger partial charge in [0.15, 0.2) is 0 Å². The third-order valence-electron chi connectivity index (χ3n) is 6.52. The van der Waals surface area contributed by atoms with E-state index in [0.717, 1.165) is 41.9 Å². The van der Waals surface area contributed by atoms with Gasteiger partial charge in [-0.05, 0) is 48.4 Å². The van der Waals surface area contributed by atoms with Gasteiger partial charge in [0.2, 0.25) is 0 Å². The number of alkyl halides is 2. The second kappa shape index (κ2) is 8.98. The minimum Gasteiger partial charge on any atom is -0.387 e. The number of rotatable bonds is 4. The number of hydrogen-bond donors (Lipinski definition) is 2. The highest BCUT2D eigenvalue weighted by Crippen LogP contribution is 2.39. The van der Waals surface area contributed by atoms with E-state index in [2.05, 4.69) is 20.2 Å². The largest absolute Gasteiger partial charge is 0.387 e. The Balaban J connectivity index is 1.44. The molecular formula is C26H26F2N4O3. The van der Waals surface area contributed by atoms with E-state index in [4.69, 9.17) is 4.74 Å². The summed E-state index contributed by atoms with van der Waals surface area (Å²) < 4.78 is 32.9. The maximum Gasteiger partial charge on any atom is 0.286 e. The second-order valence-corrected chi connectivity index (χ2v) is 9.10. The third kappa shape index (κ3) is 4.61. The lowest BCUT2D eigenvalue weighted by molar-refractivity contribution is 0.0127. The molecule has 35 heavy (non-hydrogen) atoms. The highest BCUT2D eigenvalue weighted by molar-refractivity contribution is 6.04. The van der Waals surface area contributed by atoms with Crippen LogP contribution in [-0.4, -0.2) is 46.8 Å². The number of nitrogens with zero attached hydrogens (tertiary/aromatic N) is 3. The van der Waals surface area contributed by atoms with Crippen molar-refractivity contribution in [2.75, 3.05) is 30.0 Å². The van der Waals surface area contributed by atoms with Gasteiger partial charge in [0.05, 0.1) is 30.6 Å². The topological polar surface area (TPSA) is 87.6 Å². The van der Waals surface area contributed by atoms with Crippen molar-refractivity contribution >= 4 is 17.3 Å². The molecule has 2 atom stereocenters. The lowest BCUT2D eigenvalue weighted by Gasteiger charge is -2.43. The lowest BCUT2D eigenvalue weighted by atomic mass is 9.94. The number of carbonyl (C=O) groups excluding carboxylic acids is 1. The Bertz CT molecular complexity index is 1280. The van der Waals surface area contributed by atoms with E-state index in [0.29, 0.717) is 31.0 Å². The molecule has 0 unspecified atom stereocenters. The molecule has 3 aromatic rings. The van der Waals surface area contributed by atoms with Crippen molar-refractivity contribution in [3.63, 3.8) is 0 Å². The van der Waals surface area contributed by atoms with Crippen molar-refractivity contribution in [3.8, 4) is 11.1 Å². The van der Waals surface area contributed by atoms with Crippen LogP contribution in [0.3, 0.4) is 0 Å². The third-order valence-corrected chi connectivity index (χ3v) is 6.52. The van der Waals surface area contributed by atoms with Crippen LogP contribution in [0.5, 0.6) is 0 Å². The Kier molecular flexibility index (Phi) is 5.98. The fourth-order valence-corrected chi connectivity index (χ4v) is 4.66. The lowest BCUT2D eigenvalue weighted by Crippen LogP contribution is -2.49. The number of aryl methyl sites for hydroxylation is 1. The summed E-state index contributed by atoms with van der Waals surface area (Å²) in [5.41, 5.74) is 4.44. The van der Waals surface area contributed by atoms with Gasteiger partial charge in [0, 0.05) is 49.1 Å². The fraction of sp³-hybridized carbons (Fsp3) is 0.346. The van der Waals surface area contributed by atoms with Gasteiger partial charge >= 0.3 is 0 Å². The van der Waals surface area contributed by atoms with Crippen LogP contribution in [0, 0.1) is 6.92 Å². The summed E-state index contributed by atoms with van der Waals surface area (Å²) in [6, 6.07) is 10.1. The summed E-state index contributed by atoms with van der Waals surface area (Å²) in [6.07, 6.45) is 2.87. The van der Waals surface area contributed by atoms with E-state index < -0.39 is 23.6 Å². The van der Waals surface area contributed by atoms with Crippen molar-refractivity contribution in [3.05, 3.63) is 71.3 Å². The van der Waals surface area contributed by atoms with Crippen molar-refractivity contribution < 1.29 is 23.4 Å². The first-order valence-corrected chi connectivity index (χ1v) is 11.5. The van der Waals surface area contributed by atoms with Gasteiger partial charge in [0.1, 0.15) is 11.8 Å². The number of aliphatic hydroxyl groups is 1. The molecule has 1 amide bonds.